The van der Waals surface area contributed by atoms with Crippen molar-refractivity contribution in [2.24, 2.45) is 0 Å². The van der Waals surface area contributed by atoms with Gasteiger partial charge in [-0.25, -0.2) is 4.39 Å². The standard InChI is InChI=1S/C23H27Cl2FN2O2S/c1-3-4-12-27-23(30)16(2)28(13-17-8-5-6-11-21(17)26)22(29)15-31-14-18-19(24)9-7-10-20(18)25/h5-11,16H,3-4,12-15H2,1-2H3,(H,27,30)/t16-/m0/s1. The van der Waals surface area contributed by atoms with Gasteiger partial charge in [-0.3, -0.25) is 9.59 Å². The summed E-state index contributed by atoms with van der Waals surface area (Å²) in [5.74, 6) is -0.349. The fourth-order valence-electron chi connectivity index (χ4n) is 2.92. The quantitative estimate of drug-likeness (QED) is 0.416. The Balaban J connectivity index is 2.09. The van der Waals surface area contributed by atoms with Crippen LogP contribution < -0.4 is 5.32 Å². The van der Waals surface area contributed by atoms with Crippen LogP contribution >= 0.6 is 35.0 Å². The third-order valence-electron chi connectivity index (χ3n) is 4.83. The molecule has 2 aromatic rings. The van der Waals surface area contributed by atoms with Crippen molar-refractivity contribution in [3.05, 3.63) is 69.5 Å². The van der Waals surface area contributed by atoms with Crippen LogP contribution in [0.5, 0.6) is 0 Å². The molecule has 0 aliphatic heterocycles. The van der Waals surface area contributed by atoms with E-state index in [2.05, 4.69) is 5.32 Å². The van der Waals surface area contributed by atoms with Crippen LogP contribution in [0.15, 0.2) is 42.5 Å². The van der Waals surface area contributed by atoms with Crippen molar-refractivity contribution >= 4 is 46.8 Å². The summed E-state index contributed by atoms with van der Waals surface area (Å²) >= 11 is 13.7. The van der Waals surface area contributed by atoms with Gasteiger partial charge in [0.15, 0.2) is 0 Å². The van der Waals surface area contributed by atoms with Gasteiger partial charge in [0.05, 0.1) is 5.75 Å². The number of halogens is 3. The topological polar surface area (TPSA) is 49.4 Å². The van der Waals surface area contributed by atoms with Crippen molar-refractivity contribution in [1.29, 1.82) is 0 Å². The molecule has 2 amide bonds. The molecule has 0 saturated carbocycles. The molecule has 0 saturated heterocycles. The molecule has 31 heavy (non-hydrogen) atoms. The van der Waals surface area contributed by atoms with Gasteiger partial charge in [-0.2, -0.15) is 0 Å². The van der Waals surface area contributed by atoms with Crippen molar-refractivity contribution in [2.45, 2.75) is 45.0 Å². The van der Waals surface area contributed by atoms with Gasteiger partial charge in [0.2, 0.25) is 11.8 Å². The zero-order valence-corrected chi connectivity index (χ0v) is 20.0. The molecular weight excluding hydrogens is 458 g/mol. The third kappa shape index (κ3) is 7.70. The molecule has 168 valence electrons. The predicted octanol–water partition coefficient (Wildman–Crippen LogP) is 5.70. The average Bonchev–Trinajstić information content (AvgIpc) is 2.74. The minimum atomic E-state index is -0.728. The molecule has 0 heterocycles. The zero-order valence-electron chi connectivity index (χ0n) is 17.7. The van der Waals surface area contributed by atoms with E-state index in [1.165, 1.54) is 22.7 Å². The van der Waals surface area contributed by atoms with Gasteiger partial charge in [-0.1, -0.05) is 60.8 Å². The number of rotatable bonds is 11. The monoisotopic (exact) mass is 484 g/mol. The highest BCUT2D eigenvalue weighted by atomic mass is 35.5. The number of thioether (sulfide) groups is 1. The Morgan fingerprint density at radius 3 is 2.45 bits per heavy atom. The molecule has 2 aromatic carbocycles. The molecular formula is C23H27Cl2FN2O2S. The van der Waals surface area contributed by atoms with Crippen LogP contribution in [0, 0.1) is 5.82 Å². The molecule has 0 aliphatic rings. The third-order valence-corrected chi connectivity index (χ3v) is 6.48. The first kappa shape index (κ1) is 25.5. The van der Waals surface area contributed by atoms with E-state index in [1.807, 2.05) is 6.92 Å². The molecule has 0 unspecified atom stereocenters. The lowest BCUT2D eigenvalue weighted by Gasteiger charge is -2.29. The van der Waals surface area contributed by atoms with Crippen molar-refractivity contribution in [3.8, 4) is 0 Å². The summed E-state index contributed by atoms with van der Waals surface area (Å²) in [4.78, 5) is 27.0. The van der Waals surface area contributed by atoms with E-state index in [1.54, 1.807) is 43.3 Å². The Labute approximate surface area is 197 Å². The zero-order chi connectivity index (χ0) is 22.8. The van der Waals surface area contributed by atoms with Crippen LogP contribution in [0.2, 0.25) is 10.0 Å². The van der Waals surface area contributed by atoms with Crippen LogP contribution in [-0.4, -0.2) is 35.1 Å². The van der Waals surface area contributed by atoms with E-state index in [0.717, 1.165) is 18.4 Å². The molecule has 1 atom stereocenters. The number of carbonyl (C=O) groups is 2. The lowest BCUT2D eigenvalue weighted by atomic mass is 10.1. The van der Waals surface area contributed by atoms with E-state index in [4.69, 9.17) is 23.2 Å². The van der Waals surface area contributed by atoms with Crippen LogP contribution in [0.25, 0.3) is 0 Å². The molecule has 0 bridgehead atoms. The van der Waals surface area contributed by atoms with Gasteiger partial charge in [0.1, 0.15) is 11.9 Å². The molecule has 0 radical (unpaired) electrons. The highest BCUT2D eigenvalue weighted by Crippen LogP contribution is 2.28. The maximum atomic E-state index is 14.2. The van der Waals surface area contributed by atoms with Crippen molar-refractivity contribution in [2.75, 3.05) is 12.3 Å². The largest absolute Gasteiger partial charge is 0.354 e. The average molecular weight is 485 g/mol. The Hall–Kier alpha value is -1.76. The number of hydrogen-bond acceptors (Lipinski definition) is 3. The number of nitrogens with zero attached hydrogens (tertiary/aromatic N) is 1. The first-order valence-corrected chi connectivity index (χ1v) is 12.1. The summed E-state index contributed by atoms with van der Waals surface area (Å²) in [6.45, 7) is 4.25. The second-order valence-corrected chi connectivity index (χ2v) is 8.93. The summed E-state index contributed by atoms with van der Waals surface area (Å²) in [6, 6.07) is 10.8. The SMILES string of the molecule is CCCCNC(=O)[C@H](C)N(Cc1ccccc1F)C(=O)CSCc1c(Cl)cccc1Cl. The predicted molar refractivity (Wildman–Crippen MR) is 127 cm³/mol. The van der Waals surface area contributed by atoms with Crippen LogP contribution in [0.1, 0.15) is 37.8 Å². The summed E-state index contributed by atoms with van der Waals surface area (Å²) in [5.41, 5.74) is 1.12. The van der Waals surface area contributed by atoms with E-state index >= 15 is 0 Å². The van der Waals surface area contributed by atoms with Crippen LogP contribution in [0.3, 0.4) is 0 Å². The number of carbonyl (C=O) groups excluding carboxylic acids is 2. The molecule has 1 N–H and O–H groups in total. The molecule has 0 fully saturated rings. The van der Waals surface area contributed by atoms with Crippen molar-refractivity contribution < 1.29 is 14.0 Å². The highest BCUT2D eigenvalue weighted by Gasteiger charge is 2.26. The van der Waals surface area contributed by atoms with E-state index in [-0.39, 0.29) is 24.1 Å². The first-order valence-electron chi connectivity index (χ1n) is 10.2. The molecule has 0 spiro atoms. The Bertz CT molecular complexity index is 877. The number of nitrogens with one attached hydrogen (secondary N) is 1. The minimum Gasteiger partial charge on any atom is -0.354 e. The summed E-state index contributed by atoms with van der Waals surface area (Å²) in [7, 11) is 0. The molecule has 0 aromatic heterocycles. The normalized spacial score (nSPS) is 11.8. The molecule has 0 aliphatic carbocycles. The van der Waals surface area contributed by atoms with Crippen molar-refractivity contribution in [3.63, 3.8) is 0 Å². The maximum absolute atomic E-state index is 14.2. The van der Waals surface area contributed by atoms with Gasteiger partial charge in [0.25, 0.3) is 0 Å². The highest BCUT2D eigenvalue weighted by molar-refractivity contribution is 7.99. The van der Waals surface area contributed by atoms with E-state index in [0.29, 0.717) is 27.9 Å². The minimum absolute atomic E-state index is 0.0152. The smallest absolute Gasteiger partial charge is 0.242 e. The number of unbranched alkanes of at least 4 members (excludes halogenated alkanes) is 1. The summed E-state index contributed by atoms with van der Waals surface area (Å²) in [6.07, 6.45) is 1.81. The fourth-order valence-corrected chi connectivity index (χ4v) is 4.57. The number of hydrogen-bond donors (Lipinski definition) is 1. The van der Waals surface area contributed by atoms with Gasteiger partial charge in [-0.05, 0) is 37.1 Å². The van der Waals surface area contributed by atoms with Crippen LogP contribution in [-0.2, 0) is 21.9 Å². The number of amides is 2. The van der Waals surface area contributed by atoms with Gasteiger partial charge < -0.3 is 10.2 Å². The molecule has 4 nitrogen and oxygen atoms in total. The van der Waals surface area contributed by atoms with Gasteiger partial charge in [-0.15, -0.1) is 11.8 Å². The van der Waals surface area contributed by atoms with E-state index < -0.39 is 11.9 Å². The summed E-state index contributed by atoms with van der Waals surface area (Å²) in [5, 5.41) is 3.93. The Morgan fingerprint density at radius 2 is 1.81 bits per heavy atom. The van der Waals surface area contributed by atoms with Gasteiger partial charge in [0, 0.05) is 34.5 Å². The maximum Gasteiger partial charge on any atom is 0.242 e. The second-order valence-electron chi connectivity index (χ2n) is 7.13. The number of benzene rings is 2. The van der Waals surface area contributed by atoms with Crippen molar-refractivity contribution in [1.82, 2.24) is 10.2 Å². The van der Waals surface area contributed by atoms with Crippen LogP contribution in [0.4, 0.5) is 4.39 Å². The summed E-state index contributed by atoms with van der Waals surface area (Å²) < 4.78 is 14.2. The second kappa shape index (κ2) is 12.9. The molecule has 8 heteroatoms. The lowest BCUT2D eigenvalue weighted by molar-refractivity contribution is -0.138. The van der Waals surface area contributed by atoms with Gasteiger partial charge >= 0.3 is 0 Å². The first-order chi connectivity index (χ1) is 14.8. The molecule has 2 rings (SSSR count). The van der Waals surface area contributed by atoms with E-state index in [9.17, 15) is 14.0 Å². The lowest BCUT2D eigenvalue weighted by Crippen LogP contribution is -2.48. The Morgan fingerprint density at radius 1 is 1.13 bits per heavy atom. The fraction of sp³-hybridized carbons (Fsp3) is 0.391. The Kier molecular flexibility index (Phi) is 10.6.